The van der Waals surface area contributed by atoms with E-state index in [1.54, 1.807) is 0 Å². The van der Waals surface area contributed by atoms with Crippen LogP contribution >= 0.6 is 0 Å². The van der Waals surface area contributed by atoms with Crippen molar-refractivity contribution >= 4 is 0 Å². The van der Waals surface area contributed by atoms with Crippen molar-refractivity contribution in [2.45, 2.75) is 70.9 Å². The Morgan fingerprint density at radius 1 is 1.19 bits per heavy atom. The predicted molar refractivity (Wildman–Crippen MR) is 89.8 cm³/mol. The highest BCUT2D eigenvalue weighted by Gasteiger charge is 2.21. The number of ether oxygens (including phenoxy) is 1. The van der Waals surface area contributed by atoms with Crippen LogP contribution in [-0.4, -0.2) is 19.3 Å². The molecule has 21 heavy (non-hydrogen) atoms. The molecule has 1 aromatic carbocycles. The SMILES string of the molecule is CCCNC(CC1CCCO1)c1ccc(C(C)CC)cc1. The number of hydrogen-bond acceptors (Lipinski definition) is 2. The summed E-state index contributed by atoms with van der Waals surface area (Å²) in [5.74, 6) is 0.652. The van der Waals surface area contributed by atoms with Crippen LogP contribution in [-0.2, 0) is 4.74 Å². The molecule has 118 valence electrons. The van der Waals surface area contributed by atoms with Crippen LogP contribution in [0.3, 0.4) is 0 Å². The summed E-state index contributed by atoms with van der Waals surface area (Å²) >= 11 is 0. The predicted octanol–water partition coefficient (Wildman–Crippen LogP) is 4.81. The summed E-state index contributed by atoms with van der Waals surface area (Å²) in [6.07, 6.45) is 6.35. The first kappa shape index (κ1) is 16.5. The van der Waals surface area contributed by atoms with E-state index in [9.17, 15) is 0 Å². The van der Waals surface area contributed by atoms with Crippen molar-refractivity contribution in [2.24, 2.45) is 0 Å². The van der Waals surface area contributed by atoms with E-state index in [-0.39, 0.29) is 0 Å². The molecule has 1 aliphatic rings. The molecule has 0 bridgehead atoms. The molecule has 1 heterocycles. The molecular weight excluding hydrogens is 258 g/mol. The monoisotopic (exact) mass is 289 g/mol. The van der Waals surface area contributed by atoms with E-state index in [0.29, 0.717) is 18.1 Å². The topological polar surface area (TPSA) is 21.3 Å². The standard InChI is InChI=1S/C19H31NO/c1-4-12-20-19(14-18-7-6-13-21-18)17-10-8-16(9-11-17)15(3)5-2/h8-11,15,18-20H,4-7,12-14H2,1-3H3. The Labute approximate surface area is 130 Å². The van der Waals surface area contributed by atoms with Gasteiger partial charge < -0.3 is 10.1 Å². The highest BCUT2D eigenvalue weighted by atomic mass is 16.5. The Balaban J connectivity index is 2.03. The van der Waals surface area contributed by atoms with Gasteiger partial charge in [0, 0.05) is 12.6 Å². The van der Waals surface area contributed by atoms with E-state index in [1.807, 2.05) is 0 Å². The molecule has 0 aromatic heterocycles. The summed E-state index contributed by atoms with van der Waals surface area (Å²) in [4.78, 5) is 0. The third-order valence-electron chi connectivity index (χ3n) is 4.68. The normalized spacial score (nSPS) is 21.4. The van der Waals surface area contributed by atoms with Crippen LogP contribution in [0.25, 0.3) is 0 Å². The van der Waals surface area contributed by atoms with Gasteiger partial charge in [0.15, 0.2) is 0 Å². The zero-order valence-corrected chi connectivity index (χ0v) is 13.9. The minimum atomic E-state index is 0.430. The van der Waals surface area contributed by atoms with Crippen LogP contribution in [0.2, 0.25) is 0 Å². The molecule has 0 amide bonds. The summed E-state index contributed by atoms with van der Waals surface area (Å²) in [6.45, 7) is 8.79. The molecule has 1 fully saturated rings. The molecular formula is C19H31NO. The quantitative estimate of drug-likeness (QED) is 0.741. The van der Waals surface area contributed by atoms with Crippen molar-refractivity contribution in [1.82, 2.24) is 5.32 Å². The molecule has 3 unspecified atom stereocenters. The summed E-state index contributed by atoms with van der Waals surface area (Å²) < 4.78 is 5.82. The molecule has 2 rings (SSSR count). The van der Waals surface area contributed by atoms with Crippen LogP contribution in [0.4, 0.5) is 0 Å². The average molecular weight is 289 g/mol. The van der Waals surface area contributed by atoms with E-state index in [2.05, 4.69) is 50.4 Å². The number of benzene rings is 1. The van der Waals surface area contributed by atoms with E-state index in [1.165, 1.54) is 36.8 Å². The molecule has 3 atom stereocenters. The van der Waals surface area contributed by atoms with Gasteiger partial charge in [-0.3, -0.25) is 0 Å². The third-order valence-corrected chi connectivity index (χ3v) is 4.68. The maximum absolute atomic E-state index is 5.82. The van der Waals surface area contributed by atoms with Gasteiger partial charge in [0.25, 0.3) is 0 Å². The lowest BCUT2D eigenvalue weighted by Gasteiger charge is -2.23. The van der Waals surface area contributed by atoms with Crippen molar-refractivity contribution in [1.29, 1.82) is 0 Å². The number of nitrogens with one attached hydrogen (secondary N) is 1. The zero-order valence-electron chi connectivity index (χ0n) is 13.9. The van der Waals surface area contributed by atoms with Gasteiger partial charge in [-0.05, 0) is 55.7 Å². The molecule has 2 nitrogen and oxygen atoms in total. The molecule has 1 saturated heterocycles. The molecule has 1 aromatic rings. The van der Waals surface area contributed by atoms with E-state index in [4.69, 9.17) is 4.74 Å². The van der Waals surface area contributed by atoms with Gasteiger partial charge in [-0.1, -0.05) is 45.0 Å². The second-order valence-electron chi connectivity index (χ2n) is 6.35. The average Bonchev–Trinajstić information content (AvgIpc) is 3.04. The van der Waals surface area contributed by atoms with Gasteiger partial charge in [0.1, 0.15) is 0 Å². The second-order valence-corrected chi connectivity index (χ2v) is 6.35. The first-order chi connectivity index (χ1) is 10.2. The maximum Gasteiger partial charge on any atom is 0.0594 e. The van der Waals surface area contributed by atoms with Crippen molar-refractivity contribution < 1.29 is 4.74 Å². The molecule has 1 N–H and O–H groups in total. The second kappa shape index (κ2) is 8.55. The van der Waals surface area contributed by atoms with Gasteiger partial charge in [0.05, 0.1) is 6.10 Å². The molecule has 0 radical (unpaired) electrons. The summed E-state index contributed by atoms with van der Waals surface area (Å²) in [5.41, 5.74) is 2.86. The lowest BCUT2D eigenvalue weighted by atomic mass is 9.94. The molecule has 0 saturated carbocycles. The summed E-state index contributed by atoms with van der Waals surface area (Å²) in [7, 11) is 0. The molecule has 2 heteroatoms. The number of rotatable bonds is 8. The zero-order chi connectivity index (χ0) is 15.1. The third kappa shape index (κ3) is 4.82. The van der Waals surface area contributed by atoms with Crippen LogP contribution in [0.5, 0.6) is 0 Å². The minimum absolute atomic E-state index is 0.430. The van der Waals surface area contributed by atoms with Gasteiger partial charge in [0.2, 0.25) is 0 Å². The van der Waals surface area contributed by atoms with Gasteiger partial charge in [-0.15, -0.1) is 0 Å². The van der Waals surface area contributed by atoms with Crippen LogP contribution in [0.15, 0.2) is 24.3 Å². The highest BCUT2D eigenvalue weighted by molar-refractivity contribution is 5.27. The molecule has 0 spiro atoms. The fourth-order valence-corrected chi connectivity index (χ4v) is 3.04. The Hall–Kier alpha value is -0.860. The van der Waals surface area contributed by atoms with Crippen molar-refractivity contribution in [2.75, 3.05) is 13.2 Å². The lowest BCUT2D eigenvalue weighted by molar-refractivity contribution is 0.0946. The first-order valence-electron chi connectivity index (χ1n) is 8.69. The van der Waals surface area contributed by atoms with Crippen LogP contribution < -0.4 is 5.32 Å². The largest absolute Gasteiger partial charge is 0.378 e. The first-order valence-corrected chi connectivity index (χ1v) is 8.69. The molecule has 1 aliphatic heterocycles. The smallest absolute Gasteiger partial charge is 0.0594 e. The van der Waals surface area contributed by atoms with Crippen molar-refractivity contribution in [3.05, 3.63) is 35.4 Å². The Bertz CT molecular complexity index is 395. The lowest BCUT2D eigenvalue weighted by Crippen LogP contribution is -2.26. The number of hydrogen-bond donors (Lipinski definition) is 1. The fraction of sp³-hybridized carbons (Fsp3) is 0.684. The van der Waals surface area contributed by atoms with Gasteiger partial charge in [-0.2, -0.15) is 0 Å². The summed E-state index contributed by atoms with van der Waals surface area (Å²) in [6, 6.07) is 9.66. The van der Waals surface area contributed by atoms with Crippen molar-refractivity contribution in [3.63, 3.8) is 0 Å². The van der Waals surface area contributed by atoms with E-state index in [0.717, 1.165) is 19.6 Å². The highest BCUT2D eigenvalue weighted by Crippen LogP contribution is 2.27. The Morgan fingerprint density at radius 3 is 2.48 bits per heavy atom. The van der Waals surface area contributed by atoms with Crippen LogP contribution in [0.1, 0.15) is 76.0 Å². The Morgan fingerprint density at radius 2 is 1.90 bits per heavy atom. The van der Waals surface area contributed by atoms with E-state index < -0.39 is 0 Å². The minimum Gasteiger partial charge on any atom is -0.378 e. The summed E-state index contributed by atoms with van der Waals surface area (Å²) in [5, 5.41) is 3.70. The fourth-order valence-electron chi connectivity index (χ4n) is 3.04. The van der Waals surface area contributed by atoms with Gasteiger partial charge >= 0.3 is 0 Å². The molecule has 0 aliphatic carbocycles. The maximum atomic E-state index is 5.82. The van der Waals surface area contributed by atoms with Gasteiger partial charge in [-0.25, -0.2) is 0 Å². The van der Waals surface area contributed by atoms with Crippen molar-refractivity contribution in [3.8, 4) is 0 Å². The van der Waals surface area contributed by atoms with Crippen LogP contribution in [0, 0.1) is 0 Å². The Kier molecular flexibility index (Phi) is 6.72. The van der Waals surface area contributed by atoms with E-state index >= 15 is 0 Å².